The van der Waals surface area contributed by atoms with Crippen molar-refractivity contribution >= 4 is 10.8 Å². The Balaban J connectivity index is 2.17. The zero-order valence-corrected chi connectivity index (χ0v) is 9.70. The third-order valence-electron chi connectivity index (χ3n) is 2.95. The summed E-state index contributed by atoms with van der Waals surface area (Å²) < 4.78 is 37.7. The summed E-state index contributed by atoms with van der Waals surface area (Å²) in [6.07, 6.45) is -4.41. The number of nitrogens with zero attached hydrogens (tertiary/aromatic N) is 1. The van der Waals surface area contributed by atoms with E-state index in [0.717, 1.165) is 16.8 Å². The first-order chi connectivity index (χ1) is 9.05. The van der Waals surface area contributed by atoms with Gasteiger partial charge in [-0.15, -0.1) is 0 Å². The van der Waals surface area contributed by atoms with Crippen LogP contribution in [-0.2, 0) is 6.18 Å². The molecule has 1 aromatic heterocycles. The van der Waals surface area contributed by atoms with E-state index in [1.165, 1.54) is 0 Å². The number of rotatable bonds is 1. The van der Waals surface area contributed by atoms with Crippen LogP contribution in [0.5, 0.6) is 0 Å². The summed E-state index contributed by atoms with van der Waals surface area (Å²) in [6.45, 7) is 0. The molecule has 0 aliphatic rings. The number of nitrogens with one attached hydrogen (secondary N) is 1. The van der Waals surface area contributed by atoms with Gasteiger partial charge in [-0.05, 0) is 16.8 Å². The zero-order valence-electron chi connectivity index (χ0n) is 9.70. The Morgan fingerprint density at radius 2 is 1.68 bits per heavy atom. The Morgan fingerprint density at radius 3 is 2.42 bits per heavy atom. The number of halogens is 3. The maximum absolute atomic E-state index is 12.6. The lowest BCUT2D eigenvalue weighted by Crippen LogP contribution is -2.04. The van der Waals surface area contributed by atoms with Crippen molar-refractivity contribution in [3.63, 3.8) is 0 Å². The van der Waals surface area contributed by atoms with E-state index in [-0.39, 0.29) is 0 Å². The van der Waals surface area contributed by atoms with Crippen molar-refractivity contribution in [3.8, 4) is 11.3 Å². The van der Waals surface area contributed by atoms with Gasteiger partial charge in [0, 0.05) is 5.56 Å². The third-order valence-corrected chi connectivity index (χ3v) is 2.95. The minimum Gasteiger partial charge on any atom is -0.273 e. The van der Waals surface area contributed by atoms with Crippen LogP contribution in [0, 0.1) is 0 Å². The van der Waals surface area contributed by atoms with Crippen molar-refractivity contribution in [3.05, 3.63) is 54.2 Å². The Morgan fingerprint density at radius 1 is 0.947 bits per heavy atom. The fourth-order valence-electron chi connectivity index (χ4n) is 2.05. The van der Waals surface area contributed by atoms with Crippen LogP contribution in [0.3, 0.4) is 0 Å². The number of fused-ring (bicyclic) bond motifs is 1. The van der Waals surface area contributed by atoms with Crippen LogP contribution in [0.4, 0.5) is 13.2 Å². The van der Waals surface area contributed by atoms with Gasteiger partial charge in [-0.2, -0.15) is 18.3 Å². The molecule has 0 bridgehead atoms. The summed E-state index contributed by atoms with van der Waals surface area (Å²) in [4.78, 5) is 0. The zero-order chi connectivity index (χ0) is 13.5. The summed E-state index contributed by atoms with van der Waals surface area (Å²) >= 11 is 0. The molecule has 2 aromatic carbocycles. The van der Waals surface area contributed by atoms with Crippen LogP contribution in [0.25, 0.3) is 22.0 Å². The van der Waals surface area contributed by atoms with E-state index in [2.05, 4.69) is 5.10 Å². The van der Waals surface area contributed by atoms with Gasteiger partial charge in [0.25, 0.3) is 0 Å². The number of aromatic nitrogens is 2. The Bertz CT molecular complexity index is 723. The van der Waals surface area contributed by atoms with Crippen molar-refractivity contribution in [2.45, 2.75) is 6.18 Å². The maximum Gasteiger partial charge on any atom is 0.432 e. The molecule has 1 heterocycles. The molecule has 0 aliphatic heterocycles. The first kappa shape index (κ1) is 11.8. The first-order valence-corrected chi connectivity index (χ1v) is 5.66. The lowest BCUT2D eigenvalue weighted by molar-refractivity contribution is -0.141. The van der Waals surface area contributed by atoms with Gasteiger partial charge in [0.2, 0.25) is 0 Å². The molecule has 3 aromatic rings. The van der Waals surface area contributed by atoms with Gasteiger partial charge in [0.05, 0.1) is 5.69 Å². The Labute approximate surface area is 106 Å². The van der Waals surface area contributed by atoms with Crippen LogP contribution >= 0.6 is 0 Å². The molecular weight excluding hydrogens is 253 g/mol. The molecule has 1 N–H and O–H groups in total. The van der Waals surface area contributed by atoms with Gasteiger partial charge in [0.15, 0.2) is 0 Å². The summed E-state index contributed by atoms with van der Waals surface area (Å²) in [7, 11) is 0. The predicted octanol–water partition coefficient (Wildman–Crippen LogP) is 4.25. The average Bonchev–Trinajstić information content (AvgIpc) is 2.87. The summed E-state index contributed by atoms with van der Waals surface area (Å²) in [6, 6.07) is 14.0. The van der Waals surface area contributed by atoms with E-state index in [1.54, 1.807) is 12.1 Å². The Hall–Kier alpha value is -2.30. The number of hydrogen-bond acceptors (Lipinski definition) is 1. The van der Waals surface area contributed by atoms with Crippen LogP contribution < -0.4 is 0 Å². The summed E-state index contributed by atoms with van der Waals surface area (Å²) in [5.41, 5.74) is 0.143. The van der Waals surface area contributed by atoms with E-state index >= 15 is 0 Å². The number of alkyl halides is 3. The summed E-state index contributed by atoms with van der Waals surface area (Å²) in [5.74, 6) is 0. The normalized spacial score (nSPS) is 11.9. The van der Waals surface area contributed by atoms with E-state index in [9.17, 15) is 13.2 Å². The minimum absolute atomic E-state index is 0.295. The number of H-pyrrole nitrogens is 1. The SMILES string of the molecule is FC(F)(F)c1cc(-c2cccc3ccccc23)n[nH]1. The predicted molar refractivity (Wildman–Crippen MR) is 66.5 cm³/mol. The van der Waals surface area contributed by atoms with Crippen molar-refractivity contribution in [2.24, 2.45) is 0 Å². The molecule has 0 saturated heterocycles. The largest absolute Gasteiger partial charge is 0.432 e. The van der Waals surface area contributed by atoms with Crippen molar-refractivity contribution in [1.82, 2.24) is 10.2 Å². The molecule has 0 spiro atoms. The highest BCUT2D eigenvalue weighted by molar-refractivity contribution is 5.95. The van der Waals surface area contributed by atoms with Gasteiger partial charge in [0.1, 0.15) is 5.69 Å². The lowest BCUT2D eigenvalue weighted by Gasteiger charge is -2.03. The smallest absolute Gasteiger partial charge is 0.273 e. The first-order valence-electron chi connectivity index (χ1n) is 5.66. The molecule has 3 rings (SSSR count). The monoisotopic (exact) mass is 262 g/mol. The van der Waals surface area contributed by atoms with Crippen molar-refractivity contribution < 1.29 is 13.2 Å². The maximum atomic E-state index is 12.6. The molecule has 96 valence electrons. The van der Waals surface area contributed by atoms with Crippen molar-refractivity contribution in [1.29, 1.82) is 0 Å². The van der Waals surface area contributed by atoms with Gasteiger partial charge >= 0.3 is 6.18 Å². The van der Waals surface area contributed by atoms with Gasteiger partial charge in [-0.3, -0.25) is 5.10 Å². The quantitative estimate of drug-likeness (QED) is 0.697. The standard InChI is InChI=1S/C14H9F3N2/c15-14(16,17)13-8-12(18-19-13)11-7-3-5-9-4-1-2-6-10(9)11/h1-8H,(H,18,19). The number of hydrogen-bond donors (Lipinski definition) is 1. The van der Waals surface area contributed by atoms with Crippen LogP contribution in [0.15, 0.2) is 48.5 Å². The molecule has 0 radical (unpaired) electrons. The van der Waals surface area contributed by atoms with Crippen LogP contribution in [0.2, 0.25) is 0 Å². The average molecular weight is 262 g/mol. The molecule has 0 fully saturated rings. The van der Waals surface area contributed by atoms with Gasteiger partial charge < -0.3 is 0 Å². The van der Waals surface area contributed by atoms with Crippen molar-refractivity contribution in [2.75, 3.05) is 0 Å². The van der Waals surface area contributed by atoms with Crippen LogP contribution in [0.1, 0.15) is 5.69 Å². The molecule has 0 atom stereocenters. The number of aromatic amines is 1. The lowest BCUT2D eigenvalue weighted by atomic mass is 10.0. The molecule has 0 unspecified atom stereocenters. The second-order valence-corrected chi connectivity index (χ2v) is 4.19. The second-order valence-electron chi connectivity index (χ2n) is 4.19. The van der Waals surface area contributed by atoms with Gasteiger partial charge in [-0.1, -0.05) is 42.5 Å². The molecule has 0 amide bonds. The van der Waals surface area contributed by atoms with Gasteiger partial charge in [-0.25, -0.2) is 0 Å². The fraction of sp³-hybridized carbons (Fsp3) is 0.0714. The summed E-state index contributed by atoms with van der Waals surface area (Å²) in [5, 5.41) is 7.64. The van der Waals surface area contributed by atoms with E-state index in [1.807, 2.05) is 35.4 Å². The highest BCUT2D eigenvalue weighted by Crippen LogP contribution is 2.32. The van der Waals surface area contributed by atoms with E-state index in [4.69, 9.17) is 0 Å². The topological polar surface area (TPSA) is 28.7 Å². The Kier molecular flexibility index (Phi) is 2.55. The highest BCUT2D eigenvalue weighted by Gasteiger charge is 2.33. The third kappa shape index (κ3) is 2.07. The molecule has 0 saturated carbocycles. The highest BCUT2D eigenvalue weighted by atomic mass is 19.4. The molecule has 2 nitrogen and oxygen atoms in total. The second kappa shape index (κ2) is 4.12. The minimum atomic E-state index is -4.41. The molecule has 0 aliphatic carbocycles. The fourth-order valence-corrected chi connectivity index (χ4v) is 2.05. The molecule has 19 heavy (non-hydrogen) atoms. The van der Waals surface area contributed by atoms with Crippen LogP contribution in [-0.4, -0.2) is 10.2 Å². The molecular formula is C14H9F3N2. The molecule has 5 heteroatoms. The van der Waals surface area contributed by atoms with E-state index < -0.39 is 11.9 Å². The number of benzene rings is 2. The van der Waals surface area contributed by atoms with E-state index in [0.29, 0.717) is 11.3 Å².